The molecule has 1 atom stereocenters. The van der Waals surface area contributed by atoms with Crippen molar-refractivity contribution in [2.24, 2.45) is 0 Å². The number of phenolic OH excluding ortho intramolecular Hbond substituents is 1. The first-order valence-corrected chi connectivity index (χ1v) is 6.85. The van der Waals surface area contributed by atoms with Crippen LogP contribution in [0.5, 0.6) is 5.75 Å². The Morgan fingerprint density at radius 2 is 2.15 bits per heavy atom. The van der Waals surface area contributed by atoms with E-state index in [1.165, 1.54) is 6.07 Å². The van der Waals surface area contributed by atoms with Gasteiger partial charge in [-0.05, 0) is 38.5 Å². The molecule has 0 bridgehead atoms. The van der Waals surface area contributed by atoms with E-state index in [2.05, 4.69) is 10.1 Å². The normalized spacial score (nSPS) is 14.2. The van der Waals surface area contributed by atoms with Gasteiger partial charge in [0.1, 0.15) is 11.4 Å². The Morgan fingerprint density at radius 3 is 2.75 bits per heavy atom. The quantitative estimate of drug-likeness (QED) is 0.910. The summed E-state index contributed by atoms with van der Waals surface area (Å²) in [4.78, 5) is 4.37. The molecule has 0 fully saturated rings. The van der Waals surface area contributed by atoms with Gasteiger partial charge in [-0.3, -0.25) is 0 Å². The third kappa shape index (κ3) is 2.78. The van der Waals surface area contributed by atoms with E-state index >= 15 is 0 Å². The van der Waals surface area contributed by atoms with Crippen LogP contribution in [0, 0.1) is 0 Å². The highest BCUT2D eigenvalue weighted by atomic mass is 35.5. The number of ether oxygens (including phenoxy) is 1. The number of nitrogens with zero attached hydrogens (tertiary/aromatic N) is 2. The monoisotopic (exact) mass is 296 g/mol. The topological polar surface area (TPSA) is 68.4 Å². The van der Waals surface area contributed by atoms with Gasteiger partial charge < -0.3 is 14.4 Å². The van der Waals surface area contributed by atoms with E-state index in [0.29, 0.717) is 23.9 Å². The smallest absolute Gasteiger partial charge is 0.258 e. The Labute approximate surface area is 122 Å². The predicted molar refractivity (Wildman–Crippen MR) is 75.7 cm³/mol. The van der Waals surface area contributed by atoms with Gasteiger partial charge in [-0.25, -0.2) is 0 Å². The number of rotatable bonds is 5. The second-order valence-electron chi connectivity index (χ2n) is 4.61. The highest BCUT2D eigenvalue weighted by molar-refractivity contribution is 6.32. The molecule has 108 valence electrons. The SMILES string of the molecule is CCOC(C)(CC)c1noc(-c2ccc(O)c(Cl)c2)n1. The van der Waals surface area contributed by atoms with E-state index in [9.17, 15) is 5.11 Å². The second-order valence-corrected chi connectivity index (χ2v) is 5.01. The van der Waals surface area contributed by atoms with E-state index in [-0.39, 0.29) is 10.8 Å². The highest BCUT2D eigenvalue weighted by Crippen LogP contribution is 2.31. The maximum absolute atomic E-state index is 9.41. The molecule has 1 aromatic heterocycles. The van der Waals surface area contributed by atoms with Gasteiger partial charge >= 0.3 is 0 Å². The summed E-state index contributed by atoms with van der Waals surface area (Å²) in [7, 11) is 0. The lowest BCUT2D eigenvalue weighted by atomic mass is 10.0. The number of phenols is 1. The summed E-state index contributed by atoms with van der Waals surface area (Å²) in [6, 6.07) is 4.74. The van der Waals surface area contributed by atoms with Crippen molar-refractivity contribution in [1.29, 1.82) is 0 Å². The average molecular weight is 297 g/mol. The summed E-state index contributed by atoms with van der Waals surface area (Å²) in [6.07, 6.45) is 0.732. The van der Waals surface area contributed by atoms with Crippen LogP contribution in [0.4, 0.5) is 0 Å². The minimum atomic E-state index is -0.572. The van der Waals surface area contributed by atoms with Crippen LogP contribution in [-0.2, 0) is 10.3 Å². The van der Waals surface area contributed by atoms with Gasteiger partial charge in [0, 0.05) is 12.2 Å². The number of aromatic hydroxyl groups is 1. The Hall–Kier alpha value is -1.59. The van der Waals surface area contributed by atoms with Crippen molar-refractivity contribution in [1.82, 2.24) is 10.1 Å². The predicted octanol–water partition coefficient (Wildman–Crippen LogP) is 3.76. The molecule has 0 aliphatic heterocycles. The lowest BCUT2D eigenvalue weighted by Crippen LogP contribution is -2.26. The fourth-order valence-corrected chi connectivity index (χ4v) is 2.02. The molecule has 6 heteroatoms. The third-order valence-corrected chi connectivity index (χ3v) is 3.53. The van der Waals surface area contributed by atoms with Crippen molar-refractivity contribution in [3.05, 3.63) is 29.0 Å². The zero-order chi connectivity index (χ0) is 14.8. The molecule has 2 aromatic rings. The van der Waals surface area contributed by atoms with Crippen LogP contribution in [0.1, 0.15) is 33.0 Å². The molecule has 0 radical (unpaired) electrons. The molecule has 0 aliphatic carbocycles. The van der Waals surface area contributed by atoms with Crippen molar-refractivity contribution in [3.8, 4) is 17.2 Å². The zero-order valence-electron chi connectivity index (χ0n) is 11.7. The summed E-state index contributed by atoms with van der Waals surface area (Å²) in [5, 5.41) is 13.6. The lowest BCUT2D eigenvalue weighted by Gasteiger charge is -2.23. The molecule has 0 spiro atoms. The molecular formula is C14H17ClN2O3. The van der Waals surface area contributed by atoms with Crippen LogP contribution in [-0.4, -0.2) is 21.9 Å². The van der Waals surface area contributed by atoms with Crippen LogP contribution < -0.4 is 0 Å². The molecule has 0 saturated carbocycles. The summed E-state index contributed by atoms with van der Waals surface area (Å²) in [5.41, 5.74) is 0.0820. The molecule has 1 heterocycles. The molecule has 0 aliphatic rings. The van der Waals surface area contributed by atoms with Gasteiger partial charge in [-0.2, -0.15) is 4.98 Å². The van der Waals surface area contributed by atoms with Crippen LogP contribution in [0.2, 0.25) is 5.02 Å². The van der Waals surface area contributed by atoms with E-state index in [0.717, 1.165) is 6.42 Å². The maximum atomic E-state index is 9.41. The zero-order valence-corrected chi connectivity index (χ0v) is 12.4. The Balaban J connectivity index is 2.34. The minimum Gasteiger partial charge on any atom is -0.506 e. The van der Waals surface area contributed by atoms with Gasteiger partial charge in [-0.15, -0.1) is 0 Å². The van der Waals surface area contributed by atoms with Crippen molar-refractivity contribution >= 4 is 11.6 Å². The van der Waals surface area contributed by atoms with Crippen molar-refractivity contribution in [2.75, 3.05) is 6.61 Å². The fourth-order valence-electron chi connectivity index (χ4n) is 1.84. The summed E-state index contributed by atoms with van der Waals surface area (Å²) in [5.74, 6) is 0.866. The molecule has 1 aromatic carbocycles. The standard InChI is InChI=1S/C14H17ClN2O3/c1-4-14(3,19-5-2)13-16-12(20-17-13)9-6-7-11(18)10(15)8-9/h6-8,18H,4-5H2,1-3H3. The highest BCUT2D eigenvalue weighted by Gasteiger charge is 2.31. The van der Waals surface area contributed by atoms with Crippen LogP contribution in [0.15, 0.2) is 22.7 Å². The molecule has 5 nitrogen and oxygen atoms in total. The maximum Gasteiger partial charge on any atom is 0.258 e. The van der Waals surface area contributed by atoms with Crippen molar-refractivity contribution in [3.63, 3.8) is 0 Å². The molecule has 0 saturated heterocycles. The average Bonchev–Trinajstić information content (AvgIpc) is 2.92. The lowest BCUT2D eigenvalue weighted by molar-refractivity contribution is -0.0403. The fraction of sp³-hybridized carbons (Fsp3) is 0.429. The molecular weight excluding hydrogens is 280 g/mol. The molecule has 0 amide bonds. The molecule has 1 unspecified atom stereocenters. The minimum absolute atomic E-state index is 0.0165. The van der Waals surface area contributed by atoms with Crippen molar-refractivity contribution in [2.45, 2.75) is 32.8 Å². The van der Waals surface area contributed by atoms with Crippen molar-refractivity contribution < 1.29 is 14.4 Å². The third-order valence-electron chi connectivity index (χ3n) is 3.23. The van der Waals surface area contributed by atoms with Gasteiger partial charge in [0.05, 0.1) is 5.02 Å². The molecule has 2 rings (SSSR count). The second kappa shape index (κ2) is 5.81. The van der Waals surface area contributed by atoms with Crippen LogP contribution >= 0.6 is 11.6 Å². The number of hydrogen-bond donors (Lipinski definition) is 1. The number of aromatic nitrogens is 2. The Morgan fingerprint density at radius 1 is 1.40 bits per heavy atom. The summed E-state index contributed by atoms with van der Waals surface area (Å²) >= 11 is 5.87. The first-order valence-electron chi connectivity index (χ1n) is 6.47. The van der Waals surface area contributed by atoms with Gasteiger partial charge in [0.15, 0.2) is 0 Å². The molecule has 20 heavy (non-hydrogen) atoms. The van der Waals surface area contributed by atoms with Crippen LogP contribution in [0.3, 0.4) is 0 Å². The van der Waals surface area contributed by atoms with Gasteiger partial charge in [-0.1, -0.05) is 23.7 Å². The first-order chi connectivity index (χ1) is 9.50. The first kappa shape index (κ1) is 14.8. The summed E-state index contributed by atoms with van der Waals surface area (Å²) < 4.78 is 11.0. The Bertz CT molecular complexity index is 600. The van der Waals surface area contributed by atoms with E-state index in [1.54, 1.807) is 12.1 Å². The van der Waals surface area contributed by atoms with E-state index < -0.39 is 5.60 Å². The van der Waals surface area contributed by atoms with Gasteiger partial charge in [0.2, 0.25) is 5.82 Å². The number of halogens is 1. The van der Waals surface area contributed by atoms with E-state index in [1.807, 2.05) is 20.8 Å². The summed E-state index contributed by atoms with van der Waals surface area (Å²) in [6.45, 7) is 6.42. The molecule has 1 N–H and O–H groups in total. The van der Waals surface area contributed by atoms with E-state index in [4.69, 9.17) is 20.9 Å². The number of benzene rings is 1. The largest absolute Gasteiger partial charge is 0.506 e. The van der Waals surface area contributed by atoms with Gasteiger partial charge in [0.25, 0.3) is 5.89 Å². The van der Waals surface area contributed by atoms with Crippen LogP contribution in [0.25, 0.3) is 11.5 Å². The number of hydrogen-bond acceptors (Lipinski definition) is 5. The Kier molecular flexibility index (Phi) is 4.30.